The molecule has 0 bridgehead atoms. The van der Waals surface area contributed by atoms with Crippen molar-refractivity contribution in [2.24, 2.45) is 5.41 Å². The Hall–Kier alpha value is 0.220. The van der Waals surface area contributed by atoms with Gasteiger partial charge < -0.3 is 0 Å². The lowest BCUT2D eigenvalue weighted by molar-refractivity contribution is 0.243. The zero-order chi connectivity index (χ0) is 6.04. The van der Waals surface area contributed by atoms with Crippen LogP contribution in [-0.2, 0) is 0 Å². The largest absolute Gasteiger partial charge is 0.102 e. The molecule has 0 nitrogen and oxygen atoms in total. The van der Waals surface area contributed by atoms with Crippen molar-refractivity contribution in [1.82, 2.24) is 0 Å². The van der Waals surface area contributed by atoms with Gasteiger partial charge in [0.25, 0.3) is 0 Å². The molecule has 46 valence electrons. The van der Waals surface area contributed by atoms with Crippen LogP contribution >= 0.6 is 15.9 Å². The Morgan fingerprint density at radius 2 is 2.25 bits per heavy atom. The highest BCUT2D eigenvalue weighted by atomic mass is 79.9. The first kappa shape index (κ1) is 6.34. The second kappa shape index (κ2) is 2.22. The van der Waals surface area contributed by atoms with Gasteiger partial charge in [0.15, 0.2) is 0 Å². The molecule has 8 heavy (non-hydrogen) atoms. The van der Waals surface area contributed by atoms with E-state index in [1.807, 2.05) is 0 Å². The predicted molar refractivity (Wildman–Crippen MR) is 40.3 cm³/mol. The third kappa shape index (κ3) is 0.838. The van der Waals surface area contributed by atoms with E-state index >= 15 is 0 Å². The fraction of sp³-hybridized carbons (Fsp3) is 0.714. The van der Waals surface area contributed by atoms with Crippen LogP contribution in [0.4, 0.5) is 0 Å². The minimum atomic E-state index is 0.486. The maximum Gasteiger partial charge on any atom is 0.0122 e. The van der Waals surface area contributed by atoms with E-state index < -0.39 is 0 Å². The Bertz CT molecular complexity index is 87.1. The lowest BCUT2D eigenvalue weighted by atomic mass is 9.71. The van der Waals surface area contributed by atoms with Crippen LogP contribution in [0.5, 0.6) is 0 Å². The summed E-state index contributed by atoms with van der Waals surface area (Å²) in [6.45, 7) is 3.80. The number of hydrogen-bond donors (Lipinski definition) is 0. The van der Waals surface area contributed by atoms with E-state index in [-0.39, 0.29) is 0 Å². The lowest BCUT2D eigenvalue weighted by Crippen LogP contribution is -2.27. The highest BCUT2D eigenvalue weighted by Gasteiger charge is 2.31. The zero-order valence-electron chi connectivity index (χ0n) is 4.99. The van der Waals surface area contributed by atoms with E-state index in [0.717, 1.165) is 5.33 Å². The first-order chi connectivity index (χ1) is 3.83. The van der Waals surface area contributed by atoms with Crippen LogP contribution in [0.1, 0.15) is 19.3 Å². The molecule has 0 saturated heterocycles. The molecule has 0 aromatic heterocycles. The van der Waals surface area contributed by atoms with Crippen molar-refractivity contribution in [3.63, 3.8) is 0 Å². The smallest absolute Gasteiger partial charge is 0.0122 e. The molecule has 1 aliphatic rings. The van der Waals surface area contributed by atoms with Gasteiger partial charge in [0.1, 0.15) is 0 Å². The molecule has 0 radical (unpaired) electrons. The van der Waals surface area contributed by atoms with Gasteiger partial charge in [0.2, 0.25) is 0 Å². The summed E-state index contributed by atoms with van der Waals surface area (Å²) < 4.78 is 0. The standard InChI is InChI=1S/C7H11Br/c1-2-7(6-8)4-3-5-7/h2H,1,3-6H2. The molecule has 0 aliphatic heterocycles. The van der Waals surface area contributed by atoms with Crippen molar-refractivity contribution in [3.05, 3.63) is 12.7 Å². The molecular formula is C7H11Br. The van der Waals surface area contributed by atoms with E-state index in [4.69, 9.17) is 0 Å². The summed E-state index contributed by atoms with van der Waals surface area (Å²) in [6, 6.07) is 0. The first-order valence-electron chi connectivity index (χ1n) is 3.02. The van der Waals surface area contributed by atoms with Gasteiger partial charge in [-0.25, -0.2) is 0 Å². The van der Waals surface area contributed by atoms with Gasteiger partial charge in [-0.05, 0) is 18.3 Å². The lowest BCUT2D eigenvalue weighted by Gasteiger charge is -2.37. The van der Waals surface area contributed by atoms with Gasteiger partial charge in [0.05, 0.1) is 0 Å². The summed E-state index contributed by atoms with van der Waals surface area (Å²) in [5.74, 6) is 0. The molecule has 0 heterocycles. The molecule has 1 heteroatoms. The Morgan fingerprint density at radius 1 is 1.62 bits per heavy atom. The second-order valence-electron chi connectivity index (χ2n) is 2.55. The summed E-state index contributed by atoms with van der Waals surface area (Å²) in [5, 5.41) is 1.10. The van der Waals surface area contributed by atoms with Crippen molar-refractivity contribution in [1.29, 1.82) is 0 Å². The van der Waals surface area contributed by atoms with Crippen molar-refractivity contribution in [2.45, 2.75) is 19.3 Å². The van der Waals surface area contributed by atoms with Crippen LogP contribution in [0.15, 0.2) is 12.7 Å². The van der Waals surface area contributed by atoms with Crippen LogP contribution in [-0.4, -0.2) is 5.33 Å². The molecular weight excluding hydrogens is 164 g/mol. The van der Waals surface area contributed by atoms with Gasteiger partial charge in [-0.15, -0.1) is 6.58 Å². The molecule has 1 fully saturated rings. The monoisotopic (exact) mass is 174 g/mol. The summed E-state index contributed by atoms with van der Waals surface area (Å²) in [7, 11) is 0. The topological polar surface area (TPSA) is 0 Å². The van der Waals surface area contributed by atoms with E-state index in [1.54, 1.807) is 0 Å². The minimum absolute atomic E-state index is 0.486. The van der Waals surface area contributed by atoms with Crippen LogP contribution in [0, 0.1) is 5.41 Å². The van der Waals surface area contributed by atoms with Crippen molar-refractivity contribution < 1.29 is 0 Å². The van der Waals surface area contributed by atoms with Crippen molar-refractivity contribution >= 4 is 15.9 Å². The number of alkyl halides is 1. The average molecular weight is 175 g/mol. The first-order valence-corrected chi connectivity index (χ1v) is 4.15. The molecule has 0 atom stereocenters. The fourth-order valence-electron chi connectivity index (χ4n) is 1.02. The maximum absolute atomic E-state index is 3.80. The molecule has 1 saturated carbocycles. The van der Waals surface area contributed by atoms with Crippen LogP contribution < -0.4 is 0 Å². The third-order valence-corrected chi connectivity index (χ3v) is 3.17. The van der Waals surface area contributed by atoms with Crippen LogP contribution in [0.25, 0.3) is 0 Å². The molecule has 0 amide bonds. The number of halogens is 1. The van der Waals surface area contributed by atoms with Gasteiger partial charge >= 0.3 is 0 Å². The number of allylic oxidation sites excluding steroid dienone is 1. The minimum Gasteiger partial charge on any atom is -0.102 e. The van der Waals surface area contributed by atoms with Crippen LogP contribution in [0.3, 0.4) is 0 Å². The molecule has 1 rings (SSSR count). The van der Waals surface area contributed by atoms with E-state index in [0.29, 0.717) is 5.41 Å². The van der Waals surface area contributed by atoms with E-state index in [1.165, 1.54) is 19.3 Å². The third-order valence-electron chi connectivity index (χ3n) is 2.05. The Balaban J connectivity index is 2.45. The Morgan fingerprint density at radius 3 is 2.25 bits per heavy atom. The molecule has 0 aromatic carbocycles. The quantitative estimate of drug-likeness (QED) is 0.447. The fourth-order valence-corrected chi connectivity index (χ4v) is 1.81. The molecule has 0 unspecified atom stereocenters. The highest BCUT2D eigenvalue weighted by molar-refractivity contribution is 9.09. The molecule has 0 N–H and O–H groups in total. The van der Waals surface area contributed by atoms with E-state index in [2.05, 4.69) is 28.6 Å². The summed E-state index contributed by atoms with van der Waals surface area (Å²) >= 11 is 3.47. The normalized spacial score (nSPS) is 24.1. The SMILES string of the molecule is C=CC1(CBr)CCC1. The Labute approximate surface area is 59.1 Å². The van der Waals surface area contributed by atoms with Gasteiger partial charge in [-0.2, -0.15) is 0 Å². The molecule has 0 spiro atoms. The summed E-state index contributed by atoms with van der Waals surface area (Å²) in [5.41, 5.74) is 0.486. The molecule has 0 aromatic rings. The predicted octanol–water partition coefficient (Wildman–Crippen LogP) is 2.74. The number of rotatable bonds is 2. The average Bonchev–Trinajstić information content (AvgIpc) is 1.67. The Kier molecular flexibility index (Phi) is 1.76. The van der Waals surface area contributed by atoms with Crippen molar-refractivity contribution in [3.8, 4) is 0 Å². The molecule has 1 aliphatic carbocycles. The van der Waals surface area contributed by atoms with Crippen LogP contribution in [0.2, 0.25) is 0 Å². The zero-order valence-corrected chi connectivity index (χ0v) is 6.58. The van der Waals surface area contributed by atoms with Gasteiger partial charge in [0, 0.05) is 5.33 Å². The van der Waals surface area contributed by atoms with Gasteiger partial charge in [-0.1, -0.05) is 28.4 Å². The maximum atomic E-state index is 3.80. The van der Waals surface area contributed by atoms with E-state index in [9.17, 15) is 0 Å². The summed E-state index contributed by atoms with van der Waals surface area (Å²) in [6.07, 6.45) is 6.15. The highest BCUT2D eigenvalue weighted by Crippen LogP contribution is 2.42. The number of hydrogen-bond acceptors (Lipinski definition) is 0. The van der Waals surface area contributed by atoms with Crippen molar-refractivity contribution in [2.75, 3.05) is 5.33 Å². The second-order valence-corrected chi connectivity index (χ2v) is 3.11. The van der Waals surface area contributed by atoms with Gasteiger partial charge in [-0.3, -0.25) is 0 Å². The summed E-state index contributed by atoms with van der Waals surface area (Å²) in [4.78, 5) is 0.